The number of hydrogen-bond acceptors (Lipinski definition) is 3. The van der Waals surface area contributed by atoms with Crippen molar-refractivity contribution in [2.45, 2.75) is 4.90 Å². The molecule has 0 saturated carbocycles. The number of sulfone groups is 1. The minimum absolute atomic E-state index is 0.302. The van der Waals surface area contributed by atoms with Crippen LogP contribution >= 0.6 is 22.6 Å². The standard InChI is InChI=1S/C10H9IN2O2S/c1-16(14,15)8-4-2-3-7(5-8)10-12-6-9(11)13-10/h2-6H,1H3,(H,12,13). The minimum Gasteiger partial charge on any atom is -0.333 e. The van der Waals surface area contributed by atoms with E-state index < -0.39 is 9.84 Å². The third-order valence-corrected chi connectivity index (χ3v) is 3.74. The lowest BCUT2D eigenvalue weighted by atomic mass is 10.2. The van der Waals surface area contributed by atoms with Gasteiger partial charge in [-0.05, 0) is 34.7 Å². The number of hydrogen-bond donors (Lipinski definition) is 1. The third kappa shape index (κ3) is 2.43. The molecule has 16 heavy (non-hydrogen) atoms. The molecule has 0 fully saturated rings. The van der Waals surface area contributed by atoms with E-state index in [2.05, 4.69) is 32.6 Å². The summed E-state index contributed by atoms with van der Waals surface area (Å²) in [5, 5.41) is 0. The molecular formula is C10H9IN2O2S. The summed E-state index contributed by atoms with van der Waals surface area (Å²) in [4.78, 5) is 7.51. The molecule has 2 aromatic rings. The molecule has 0 aliphatic rings. The Balaban J connectivity index is 2.52. The van der Waals surface area contributed by atoms with Gasteiger partial charge in [0.1, 0.15) is 5.82 Å². The maximum absolute atomic E-state index is 11.4. The maximum atomic E-state index is 11.4. The molecule has 0 amide bonds. The summed E-state index contributed by atoms with van der Waals surface area (Å²) in [5.41, 5.74) is 0.769. The van der Waals surface area contributed by atoms with Crippen LogP contribution in [0.15, 0.2) is 35.4 Å². The number of nitrogens with one attached hydrogen (secondary N) is 1. The minimum atomic E-state index is -3.17. The normalized spacial score (nSPS) is 11.6. The van der Waals surface area contributed by atoms with Gasteiger partial charge in [-0.1, -0.05) is 12.1 Å². The van der Waals surface area contributed by atoms with Gasteiger partial charge in [-0.25, -0.2) is 13.4 Å². The van der Waals surface area contributed by atoms with Crippen LogP contribution in [0.1, 0.15) is 0 Å². The van der Waals surface area contributed by atoms with Gasteiger partial charge in [-0.15, -0.1) is 0 Å². The Morgan fingerprint density at radius 2 is 2.12 bits per heavy atom. The highest BCUT2D eigenvalue weighted by Crippen LogP contribution is 2.20. The summed E-state index contributed by atoms with van der Waals surface area (Å²) >= 11 is 2.12. The molecular weight excluding hydrogens is 339 g/mol. The summed E-state index contributed by atoms with van der Waals surface area (Å²) < 4.78 is 23.7. The van der Waals surface area contributed by atoms with Gasteiger partial charge in [0.25, 0.3) is 0 Å². The Kier molecular flexibility index (Phi) is 3.02. The second-order valence-corrected chi connectivity index (χ2v) is 6.56. The van der Waals surface area contributed by atoms with E-state index in [9.17, 15) is 8.42 Å². The Morgan fingerprint density at radius 3 is 2.69 bits per heavy atom. The van der Waals surface area contributed by atoms with Gasteiger partial charge in [-0.3, -0.25) is 0 Å². The number of rotatable bonds is 2. The van der Waals surface area contributed by atoms with Crippen molar-refractivity contribution < 1.29 is 8.42 Å². The van der Waals surface area contributed by atoms with Crippen LogP contribution in [0.25, 0.3) is 11.4 Å². The number of benzene rings is 1. The van der Waals surface area contributed by atoms with Crippen molar-refractivity contribution in [3.63, 3.8) is 0 Å². The number of halogens is 1. The highest BCUT2D eigenvalue weighted by Gasteiger charge is 2.09. The summed E-state index contributed by atoms with van der Waals surface area (Å²) in [5.74, 6) is 0.676. The highest BCUT2D eigenvalue weighted by atomic mass is 127. The van der Waals surface area contributed by atoms with Gasteiger partial charge in [0.05, 0.1) is 14.8 Å². The largest absolute Gasteiger partial charge is 0.333 e. The van der Waals surface area contributed by atoms with E-state index in [1.54, 1.807) is 24.4 Å². The molecule has 4 nitrogen and oxygen atoms in total. The molecule has 0 radical (unpaired) electrons. The molecule has 0 spiro atoms. The lowest BCUT2D eigenvalue weighted by Crippen LogP contribution is -1.97. The van der Waals surface area contributed by atoms with Crippen LogP contribution in [0.2, 0.25) is 0 Å². The Hall–Kier alpha value is -0.890. The van der Waals surface area contributed by atoms with E-state index in [0.29, 0.717) is 10.7 Å². The first-order chi connectivity index (χ1) is 7.47. The third-order valence-electron chi connectivity index (χ3n) is 2.08. The summed E-state index contributed by atoms with van der Waals surface area (Å²) in [6.07, 6.45) is 2.89. The Bertz CT molecular complexity index is 619. The molecule has 0 atom stereocenters. The monoisotopic (exact) mass is 348 g/mol. The zero-order valence-corrected chi connectivity index (χ0v) is 11.4. The van der Waals surface area contributed by atoms with E-state index in [0.717, 1.165) is 9.26 Å². The molecule has 6 heteroatoms. The van der Waals surface area contributed by atoms with Gasteiger partial charge in [-0.2, -0.15) is 0 Å². The first-order valence-corrected chi connectivity index (χ1v) is 7.45. The molecule has 0 unspecified atom stereocenters. The van der Waals surface area contributed by atoms with Crippen molar-refractivity contribution in [3.05, 3.63) is 34.2 Å². The molecule has 84 valence electrons. The fourth-order valence-corrected chi connectivity index (χ4v) is 2.38. The molecule has 1 heterocycles. The average molecular weight is 348 g/mol. The van der Waals surface area contributed by atoms with Crippen LogP contribution in [-0.4, -0.2) is 24.6 Å². The molecule has 2 rings (SSSR count). The van der Waals surface area contributed by atoms with E-state index in [1.165, 1.54) is 6.26 Å². The smallest absolute Gasteiger partial charge is 0.175 e. The first-order valence-electron chi connectivity index (χ1n) is 4.48. The second kappa shape index (κ2) is 4.17. The first kappa shape index (κ1) is 11.6. The highest BCUT2D eigenvalue weighted by molar-refractivity contribution is 14.1. The zero-order chi connectivity index (χ0) is 11.8. The van der Waals surface area contributed by atoms with Crippen LogP contribution in [0, 0.1) is 3.70 Å². The van der Waals surface area contributed by atoms with Gasteiger partial charge >= 0.3 is 0 Å². The zero-order valence-electron chi connectivity index (χ0n) is 8.44. The van der Waals surface area contributed by atoms with Crippen molar-refractivity contribution in [1.82, 2.24) is 9.97 Å². The van der Waals surface area contributed by atoms with Crippen molar-refractivity contribution >= 4 is 32.4 Å². The number of nitrogens with zero attached hydrogens (tertiary/aromatic N) is 1. The summed E-state index contributed by atoms with van der Waals surface area (Å²) in [6.45, 7) is 0. The van der Waals surface area contributed by atoms with E-state index >= 15 is 0 Å². The molecule has 1 aromatic heterocycles. The topological polar surface area (TPSA) is 62.8 Å². The number of aromatic amines is 1. The van der Waals surface area contributed by atoms with E-state index in [1.807, 2.05) is 6.07 Å². The quantitative estimate of drug-likeness (QED) is 0.846. The van der Waals surface area contributed by atoms with Gasteiger partial charge in [0, 0.05) is 11.8 Å². The number of aromatic nitrogens is 2. The number of H-pyrrole nitrogens is 1. The van der Waals surface area contributed by atoms with E-state index in [-0.39, 0.29) is 0 Å². The van der Waals surface area contributed by atoms with Crippen LogP contribution in [0.5, 0.6) is 0 Å². The van der Waals surface area contributed by atoms with Crippen LogP contribution in [0.3, 0.4) is 0 Å². The Labute approximate surface area is 107 Å². The summed E-state index contributed by atoms with van der Waals surface area (Å²) in [6, 6.07) is 6.72. The van der Waals surface area contributed by atoms with Crippen LogP contribution < -0.4 is 0 Å². The lowest BCUT2D eigenvalue weighted by Gasteiger charge is -2.00. The van der Waals surface area contributed by atoms with Gasteiger partial charge in [0.15, 0.2) is 9.84 Å². The van der Waals surface area contributed by atoms with Gasteiger partial charge in [0.2, 0.25) is 0 Å². The fraction of sp³-hybridized carbons (Fsp3) is 0.100. The Morgan fingerprint density at radius 1 is 1.38 bits per heavy atom. The fourth-order valence-electron chi connectivity index (χ4n) is 1.32. The average Bonchev–Trinajstić information content (AvgIpc) is 2.64. The molecule has 0 saturated heterocycles. The maximum Gasteiger partial charge on any atom is 0.175 e. The summed E-state index contributed by atoms with van der Waals surface area (Å²) in [7, 11) is -3.17. The van der Waals surface area contributed by atoms with Crippen molar-refractivity contribution in [1.29, 1.82) is 0 Å². The van der Waals surface area contributed by atoms with Crippen molar-refractivity contribution in [2.75, 3.05) is 6.26 Å². The second-order valence-electron chi connectivity index (χ2n) is 3.38. The number of imidazole rings is 1. The lowest BCUT2D eigenvalue weighted by molar-refractivity contribution is 0.602. The van der Waals surface area contributed by atoms with Crippen LogP contribution in [0.4, 0.5) is 0 Å². The van der Waals surface area contributed by atoms with Crippen molar-refractivity contribution in [3.8, 4) is 11.4 Å². The van der Waals surface area contributed by atoms with Crippen molar-refractivity contribution in [2.24, 2.45) is 0 Å². The SMILES string of the molecule is CS(=O)(=O)c1cccc(-c2ncc(I)[nH]2)c1. The molecule has 1 N–H and O–H groups in total. The van der Waals surface area contributed by atoms with Crippen LogP contribution in [-0.2, 0) is 9.84 Å². The molecule has 0 bridgehead atoms. The van der Waals surface area contributed by atoms with E-state index in [4.69, 9.17) is 0 Å². The molecule has 0 aliphatic carbocycles. The molecule has 0 aliphatic heterocycles. The predicted molar refractivity (Wildman–Crippen MR) is 69.9 cm³/mol. The van der Waals surface area contributed by atoms with Gasteiger partial charge < -0.3 is 4.98 Å². The predicted octanol–water partition coefficient (Wildman–Crippen LogP) is 2.08. The molecule has 1 aromatic carbocycles.